The normalized spacial score (nSPS) is 10.7. The molecule has 0 aliphatic heterocycles. The summed E-state index contributed by atoms with van der Waals surface area (Å²) in [5, 5.41) is 19.8. The van der Waals surface area contributed by atoms with Crippen molar-refractivity contribution in [3.05, 3.63) is 63.2 Å². The maximum absolute atomic E-state index is 11.1. The lowest BCUT2D eigenvalue weighted by atomic mass is 10.2. The van der Waals surface area contributed by atoms with Gasteiger partial charge in [-0.2, -0.15) is 0 Å². The SMILES string of the molecule is Cc1ccc(Sc2nnc(-c3cccc(Cl)c3)o2)c([N+](=O)[O-])c1. The molecule has 6 nitrogen and oxygen atoms in total. The second-order valence-electron chi connectivity index (χ2n) is 4.71. The number of aromatic nitrogens is 2. The summed E-state index contributed by atoms with van der Waals surface area (Å²) in [4.78, 5) is 11.2. The lowest BCUT2D eigenvalue weighted by molar-refractivity contribution is -0.387. The van der Waals surface area contributed by atoms with Crippen LogP contribution in [0.15, 0.2) is 57.0 Å². The molecule has 3 aromatic rings. The molecule has 0 amide bonds. The van der Waals surface area contributed by atoms with E-state index in [0.29, 0.717) is 21.4 Å². The number of nitro groups is 1. The summed E-state index contributed by atoms with van der Waals surface area (Å²) < 4.78 is 5.55. The first-order valence-electron chi connectivity index (χ1n) is 6.55. The van der Waals surface area contributed by atoms with Crippen LogP contribution in [0.1, 0.15) is 5.56 Å². The zero-order valence-electron chi connectivity index (χ0n) is 11.9. The second-order valence-corrected chi connectivity index (χ2v) is 6.14. The van der Waals surface area contributed by atoms with Gasteiger partial charge >= 0.3 is 0 Å². The van der Waals surface area contributed by atoms with Crippen molar-refractivity contribution in [3.8, 4) is 11.5 Å². The Balaban J connectivity index is 1.89. The van der Waals surface area contributed by atoms with E-state index in [4.69, 9.17) is 16.0 Å². The van der Waals surface area contributed by atoms with Crippen molar-refractivity contribution >= 4 is 29.1 Å². The maximum atomic E-state index is 11.1. The number of nitro benzene ring substituents is 1. The van der Waals surface area contributed by atoms with Gasteiger partial charge in [0, 0.05) is 16.7 Å². The van der Waals surface area contributed by atoms with Gasteiger partial charge in [-0.3, -0.25) is 10.1 Å². The van der Waals surface area contributed by atoms with Crippen molar-refractivity contribution < 1.29 is 9.34 Å². The number of hydrogen-bond acceptors (Lipinski definition) is 6. The molecule has 0 fully saturated rings. The van der Waals surface area contributed by atoms with Crippen LogP contribution in [0.5, 0.6) is 0 Å². The summed E-state index contributed by atoms with van der Waals surface area (Å²) in [6.07, 6.45) is 0. The van der Waals surface area contributed by atoms with Crippen LogP contribution in [-0.4, -0.2) is 15.1 Å². The van der Waals surface area contributed by atoms with Crippen LogP contribution in [0.25, 0.3) is 11.5 Å². The molecule has 0 aliphatic rings. The van der Waals surface area contributed by atoms with E-state index in [1.54, 1.807) is 43.3 Å². The third-order valence-electron chi connectivity index (χ3n) is 2.99. The van der Waals surface area contributed by atoms with E-state index in [0.717, 1.165) is 17.3 Å². The zero-order chi connectivity index (χ0) is 16.4. The molecule has 1 heterocycles. The van der Waals surface area contributed by atoms with Gasteiger partial charge in [0.2, 0.25) is 5.89 Å². The maximum Gasteiger partial charge on any atom is 0.283 e. The summed E-state index contributed by atoms with van der Waals surface area (Å²) in [5.74, 6) is 0.310. The van der Waals surface area contributed by atoms with E-state index < -0.39 is 4.92 Å². The lowest BCUT2D eigenvalue weighted by Crippen LogP contribution is -1.91. The summed E-state index contributed by atoms with van der Waals surface area (Å²) in [6.45, 7) is 1.80. The highest BCUT2D eigenvalue weighted by Crippen LogP contribution is 2.35. The predicted octanol–water partition coefficient (Wildman–Crippen LogP) is 4.76. The van der Waals surface area contributed by atoms with Crippen LogP contribution in [-0.2, 0) is 0 Å². The molecular weight excluding hydrogens is 338 g/mol. The smallest absolute Gasteiger partial charge is 0.283 e. The fourth-order valence-corrected chi connectivity index (χ4v) is 2.89. The van der Waals surface area contributed by atoms with Gasteiger partial charge < -0.3 is 4.42 Å². The van der Waals surface area contributed by atoms with Crippen molar-refractivity contribution in [2.24, 2.45) is 0 Å². The largest absolute Gasteiger partial charge is 0.411 e. The third-order valence-corrected chi connectivity index (χ3v) is 4.13. The molecule has 0 radical (unpaired) electrons. The Morgan fingerprint density at radius 3 is 2.78 bits per heavy atom. The number of aryl methyl sites for hydroxylation is 1. The molecule has 0 spiro atoms. The van der Waals surface area contributed by atoms with Gasteiger partial charge in [-0.05, 0) is 48.5 Å². The first kappa shape index (κ1) is 15.5. The predicted molar refractivity (Wildman–Crippen MR) is 86.7 cm³/mol. The number of hydrogen-bond donors (Lipinski definition) is 0. The summed E-state index contributed by atoms with van der Waals surface area (Å²) in [6, 6.07) is 12.0. The van der Waals surface area contributed by atoms with E-state index in [1.165, 1.54) is 6.07 Å². The highest BCUT2D eigenvalue weighted by Gasteiger charge is 2.18. The Bertz CT molecular complexity index is 882. The molecule has 8 heteroatoms. The van der Waals surface area contributed by atoms with Crippen molar-refractivity contribution in [1.29, 1.82) is 0 Å². The minimum Gasteiger partial charge on any atom is -0.411 e. The highest BCUT2D eigenvalue weighted by molar-refractivity contribution is 7.99. The van der Waals surface area contributed by atoms with Gasteiger partial charge in [0.15, 0.2) is 0 Å². The third kappa shape index (κ3) is 3.52. The molecule has 0 N–H and O–H groups in total. The van der Waals surface area contributed by atoms with E-state index in [2.05, 4.69) is 10.2 Å². The molecule has 0 aliphatic carbocycles. The molecule has 2 aromatic carbocycles. The van der Waals surface area contributed by atoms with Crippen LogP contribution in [0.3, 0.4) is 0 Å². The van der Waals surface area contributed by atoms with E-state index in [1.807, 2.05) is 0 Å². The molecule has 0 saturated heterocycles. The number of rotatable bonds is 4. The Hall–Kier alpha value is -2.38. The van der Waals surface area contributed by atoms with Gasteiger partial charge in [0.05, 0.1) is 9.82 Å². The summed E-state index contributed by atoms with van der Waals surface area (Å²) in [5.41, 5.74) is 1.51. The molecule has 23 heavy (non-hydrogen) atoms. The molecular formula is C15H10ClN3O3S. The van der Waals surface area contributed by atoms with E-state index in [9.17, 15) is 10.1 Å². The Morgan fingerprint density at radius 1 is 1.22 bits per heavy atom. The lowest BCUT2D eigenvalue weighted by Gasteiger charge is -2.00. The molecule has 0 saturated carbocycles. The monoisotopic (exact) mass is 347 g/mol. The minimum atomic E-state index is -0.427. The average Bonchev–Trinajstić information content (AvgIpc) is 2.97. The minimum absolute atomic E-state index is 0.0116. The highest BCUT2D eigenvalue weighted by atomic mass is 35.5. The first-order chi connectivity index (χ1) is 11.0. The van der Waals surface area contributed by atoms with E-state index >= 15 is 0 Å². The zero-order valence-corrected chi connectivity index (χ0v) is 13.5. The van der Waals surface area contributed by atoms with Crippen LogP contribution in [0.2, 0.25) is 5.02 Å². The fraction of sp³-hybridized carbons (Fsp3) is 0.0667. The Morgan fingerprint density at radius 2 is 2.04 bits per heavy atom. The molecule has 116 valence electrons. The summed E-state index contributed by atoms with van der Waals surface area (Å²) in [7, 11) is 0. The fourth-order valence-electron chi connectivity index (χ4n) is 1.94. The topological polar surface area (TPSA) is 82.1 Å². The Kier molecular flexibility index (Phi) is 4.31. The van der Waals surface area contributed by atoms with Gasteiger partial charge in [-0.25, -0.2) is 0 Å². The second kappa shape index (κ2) is 6.39. The van der Waals surface area contributed by atoms with E-state index in [-0.39, 0.29) is 10.9 Å². The first-order valence-corrected chi connectivity index (χ1v) is 7.75. The van der Waals surface area contributed by atoms with Crippen LogP contribution in [0.4, 0.5) is 5.69 Å². The summed E-state index contributed by atoms with van der Waals surface area (Å²) >= 11 is 6.99. The van der Waals surface area contributed by atoms with Crippen molar-refractivity contribution in [1.82, 2.24) is 10.2 Å². The standard InChI is InChI=1S/C15H10ClN3O3S/c1-9-5-6-13(12(7-9)19(20)21)23-15-18-17-14(22-15)10-3-2-4-11(16)8-10/h2-8H,1H3. The molecule has 0 atom stereocenters. The number of nitrogens with zero attached hydrogens (tertiary/aromatic N) is 3. The molecule has 1 aromatic heterocycles. The van der Waals surface area contributed by atoms with Crippen LogP contribution in [0, 0.1) is 17.0 Å². The van der Waals surface area contributed by atoms with Gasteiger partial charge in [-0.1, -0.05) is 23.7 Å². The van der Waals surface area contributed by atoms with Crippen molar-refractivity contribution in [2.45, 2.75) is 17.0 Å². The molecule has 0 bridgehead atoms. The van der Waals surface area contributed by atoms with Crippen molar-refractivity contribution in [3.63, 3.8) is 0 Å². The van der Waals surface area contributed by atoms with Crippen molar-refractivity contribution in [2.75, 3.05) is 0 Å². The molecule has 3 rings (SSSR count). The van der Waals surface area contributed by atoms with Crippen LogP contribution >= 0.6 is 23.4 Å². The van der Waals surface area contributed by atoms with Gasteiger partial charge in [-0.15, -0.1) is 10.2 Å². The Labute approximate surface area is 140 Å². The quantitative estimate of drug-likeness (QED) is 0.500. The van der Waals surface area contributed by atoms with Gasteiger partial charge in [0.25, 0.3) is 10.9 Å². The molecule has 0 unspecified atom stereocenters. The average molecular weight is 348 g/mol. The number of halogens is 1. The van der Waals surface area contributed by atoms with Gasteiger partial charge in [0.1, 0.15) is 0 Å². The van der Waals surface area contributed by atoms with Crippen LogP contribution < -0.4 is 0 Å². The number of benzene rings is 2.